The summed E-state index contributed by atoms with van der Waals surface area (Å²) in [4.78, 5) is 25.0. The predicted molar refractivity (Wildman–Crippen MR) is 81.8 cm³/mol. The molecule has 0 radical (unpaired) electrons. The number of carbonyl (C=O) groups is 2. The fourth-order valence-electron chi connectivity index (χ4n) is 1.88. The first-order chi connectivity index (χ1) is 10.0. The molecule has 2 amide bonds. The lowest BCUT2D eigenvalue weighted by molar-refractivity contribution is -0.130. The van der Waals surface area contributed by atoms with Crippen LogP contribution in [0.25, 0.3) is 0 Å². The maximum Gasteiger partial charge on any atom is 0.221 e. The Kier molecular flexibility index (Phi) is 7.46. The van der Waals surface area contributed by atoms with Crippen LogP contribution in [0.2, 0.25) is 0 Å². The van der Waals surface area contributed by atoms with E-state index < -0.39 is 0 Å². The number of nitrogens with one attached hydrogen (secondary N) is 1. The van der Waals surface area contributed by atoms with Gasteiger partial charge in [-0.3, -0.25) is 9.59 Å². The van der Waals surface area contributed by atoms with Crippen molar-refractivity contribution in [3.63, 3.8) is 0 Å². The Morgan fingerprint density at radius 3 is 2.48 bits per heavy atom. The van der Waals surface area contributed by atoms with E-state index in [0.29, 0.717) is 32.7 Å². The van der Waals surface area contributed by atoms with Crippen molar-refractivity contribution >= 4 is 11.8 Å². The Bertz CT molecular complexity index is 457. The molecular weight excluding hydrogens is 268 g/mol. The van der Waals surface area contributed by atoms with E-state index in [2.05, 4.69) is 5.32 Å². The average Bonchev–Trinajstić information content (AvgIpc) is 2.45. The van der Waals surface area contributed by atoms with Gasteiger partial charge in [-0.2, -0.15) is 0 Å². The Hall–Kier alpha value is -1.88. The van der Waals surface area contributed by atoms with Crippen LogP contribution >= 0.6 is 0 Å². The molecule has 0 unspecified atom stereocenters. The average molecular weight is 292 g/mol. The fraction of sp³-hybridized carbons (Fsp3) is 0.500. The van der Waals surface area contributed by atoms with Crippen molar-refractivity contribution < 1.29 is 14.3 Å². The minimum Gasteiger partial charge on any atom is -0.383 e. The van der Waals surface area contributed by atoms with Gasteiger partial charge >= 0.3 is 0 Å². The molecule has 0 saturated carbocycles. The van der Waals surface area contributed by atoms with Crippen LogP contribution in [0.3, 0.4) is 0 Å². The van der Waals surface area contributed by atoms with Gasteiger partial charge in [-0.1, -0.05) is 29.8 Å². The van der Waals surface area contributed by atoms with Crippen LogP contribution in [0, 0.1) is 6.92 Å². The molecule has 1 aromatic rings. The maximum absolute atomic E-state index is 11.7. The van der Waals surface area contributed by atoms with Crippen LogP contribution < -0.4 is 5.32 Å². The van der Waals surface area contributed by atoms with Crippen molar-refractivity contribution in [2.24, 2.45) is 0 Å². The molecule has 1 aromatic carbocycles. The number of nitrogens with zero attached hydrogens (tertiary/aromatic N) is 1. The Morgan fingerprint density at radius 2 is 1.90 bits per heavy atom. The Balaban J connectivity index is 2.45. The highest BCUT2D eigenvalue weighted by Gasteiger charge is 2.11. The molecule has 0 aliphatic rings. The highest BCUT2D eigenvalue weighted by molar-refractivity contribution is 5.78. The van der Waals surface area contributed by atoms with E-state index in [1.807, 2.05) is 31.2 Å². The van der Waals surface area contributed by atoms with Crippen molar-refractivity contribution in [1.29, 1.82) is 0 Å². The molecule has 5 heteroatoms. The molecule has 0 bridgehead atoms. The van der Waals surface area contributed by atoms with Crippen molar-refractivity contribution in [2.45, 2.75) is 26.8 Å². The lowest BCUT2D eigenvalue weighted by atomic mass is 10.1. The number of methoxy groups -OCH3 is 1. The summed E-state index contributed by atoms with van der Waals surface area (Å²) < 4.78 is 4.87. The van der Waals surface area contributed by atoms with E-state index in [0.717, 1.165) is 5.56 Å². The largest absolute Gasteiger partial charge is 0.383 e. The van der Waals surface area contributed by atoms with Gasteiger partial charge in [-0.25, -0.2) is 0 Å². The van der Waals surface area contributed by atoms with Crippen LogP contribution in [0.15, 0.2) is 24.3 Å². The highest BCUT2D eigenvalue weighted by Crippen LogP contribution is 2.07. The summed E-state index contributed by atoms with van der Waals surface area (Å²) in [5.41, 5.74) is 2.25. The molecule has 116 valence electrons. The van der Waals surface area contributed by atoms with Gasteiger partial charge in [0.15, 0.2) is 0 Å². The summed E-state index contributed by atoms with van der Waals surface area (Å²) >= 11 is 0. The van der Waals surface area contributed by atoms with Crippen molar-refractivity contribution in [1.82, 2.24) is 10.2 Å². The second-order valence-corrected chi connectivity index (χ2v) is 5.02. The molecule has 1 N–H and O–H groups in total. The van der Waals surface area contributed by atoms with Gasteiger partial charge in [0.2, 0.25) is 11.8 Å². The Labute approximate surface area is 126 Å². The second-order valence-electron chi connectivity index (χ2n) is 5.02. The third-order valence-corrected chi connectivity index (χ3v) is 3.18. The lowest BCUT2D eigenvalue weighted by Crippen LogP contribution is -2.34. The number of ether oxygens (including phenoxy) is 1. The number of benzene rings is 1. The number of hydrogen-bond donors (Lipinski definition) is 1. The van der Waals surface area contributed by atoms with Crippen LogP contribution in [0.1, 0.15) is 24.5 Å². The summed E-state index contributed by atoms with van der Waals surface area (Å²) in [5, 5.41) is 2.75. The summed E-state index contributed by atoms with van der Waals surface area (Å²) in [6, 6.07) is 8.05. The van der Waals surface area contributed by atoms with E-state index in [-0.39, 0.29) is 11.8 Å². The minimum absolute atomic E-state index is 0.0275. The summed E-state index contributed by atoms with van der Waals surface area (Å²) in [5.74, 6) is -0.0949. The quantitative estimate of drug-likeness (QED) is 0.739. The molecule has 21 heavy (non-hydrogen) atoms. The normalized spacial score (nSPS) is 10.2. The van der Waals surface area contributed by atoms with E-state index in [4.69, 9.17) is 4.74 Å². The van der Waals surface area contributed by atoms with Crippen LogP contribution in [-0.2, 0) is 20.9 Å². The monoisotopic (exact) mass is 292 g/mol. The smallest absolute Gasteiger partial charge is 0.221 e. The van der Waals surface area contributed by atoms with Gasteiger partial charge in [0.25, 0.3) is 0 Å². The van der Waals surface area contributed by atoms with Gasteiger partial charge in [0.1, 0.15) is 0 Å². The zero-order valence-electron chi connectivity index (χ0n) is 13.0. The SMILES string of the molecule is COCCNC(=O)CCN(Cc1ccc(C)cc1)C(C)=O. The zero-order valence-corrected chi connectivity index (χ0v) is 13.0. The third kappa shape index (κ3) is 6.90. The number of hydrogen-bond acceptors (Lipinski definition) is 3. The number of carbonyl (C=O) groups excluding carboxylic acids is 2. The molecular formula is C16H24N2O3. The van der Waals surface area contributed by atoms with Gasteiger partial charge in [-0.05, 0) is 12.5 Å². The summed E-state index contributed by atoms with van der Waals surface area (Å²) in [7, 11) is 1.59. The first-order valence-corrected chi connectivity index (χ1v) is 7.09. The zero-order chi connectivity index (χ0) is 15.7. The Morgan fingerprint density at radius 1 is 1.24 bits per heavy atom. The lowest BCUT2D eigenvalue weighted by Gasteiger charge is -2.21. The molecule has 0 aliphatic carbocycles. The standard InChI is InChI=1S/C16H24N2O3/c1-13-4-6-15(7-5-13)12-18(14(2)19)10-8-16(20)17-9-11-21-3/h4-7H,8-12H2,1-3H3,(H,17,20). The first-order valence-electron chi connectivity index (χ1n) is 7.09. The number of aryl methyl sites for hydroxylation is 1. The highest BCUT2D eigenvalue weighted by atomic mass is 16.5. The van der Waals surface area contributed by atoms with Gasteiger partial charge in [-0.15, -0.1) is 0 Å². The molecule has 0 aliphatic heterocycles. The molecule has 5 nitrogen and oxygen atoms in total. The van der Waals surface area contributed by atoms with Crippen molar-refractivity contribution in [2.75, 3.05) is 26.8 Å². The fourth-order valence-corrected chi connectivity index (χ4v) is 1.88. The topological polar surface area (TPSA) is 58.6 Å². The van der Waals surface area contributed by atoms with E-state index in [9.17, 15) is 9.59 Å². The van der Waals surface area contributed by atoms with E-state index in [1.165, 1.54) is 12.5 Å². The molecule has 0 aromatic heterocycles. The summed E-state index contributed by atoms with van der Waals surface area (Å²) in [6.45, 7) is 5.48. The van der Waals surface area contributed by atoms with E-state index >= 15 is 0 Å². The van der Waals surface area contributed by atoms with Gasteiger partial charge in [0, 0.05) is 40.1 Å². The molecule has 0 saturated heterocycles. The predicted octanol–water partition coefficient (Wildman–Crippen LogP) is 1.50. The molecule has 0 atom stereocenters. The van der Waals surface area contributed by atoms with Crippen molar-refractivity contribution in [3.05, 3.63) is 35.4 Å². The number of rotatable bonds is 8. The second kappa shape index (κ2) is 9.13. The summed E-state index contributed by atoms with van der Waals surface area (Å²) in [6.07, 6.45) is 0.301. The van der Waals surface area contributed by atoms with Gasteiger partial charge < -0.3 is 15.0 Å². The minimum atomic E-state index is -0.0674. The third-order valence-electron chi connectivity index (χ3n) is 3.18. The van der Waals surface area contributed by atoms with Gasteiger partial charge in [0.05, 0.1) is 6.61 Å². The van der Waals surface area contributed by atoms with Crippen LogP contribution in [0.5, 0.6) is 0 Å². The molecule has 0 fully saturated rings. The van der Waals surface area contributed by atoms with Crippen LogP contribution in [-0.4, -0.2) is 43.5 Å². The maximum atomic E-state index is 11.7. The number of amides is 2. The first kappa shape index (κ1) is 17.2. The van der Waals surface area contributed by atoms with Crippen LogP contribution in [0.4, 0.5) is 0 Å². The molecule has 1 rings (SSSR count). The molecule has 0 heterocycles. The van der Waals surface area contributed by atoms with Crippen molar-refractivity contribution in [3.8, 4) is 0 Å². The van der Waals surface area contributed by atoms with E-state index in [1.54, 1.807) is 12.0 Å². The molecule has 0 spiro atoms.